The Morgan fingerprint density at radius 2 is 1.52 bits per heavy atom. The number of amides is 1. The molecule has 144 valence electrons. The number of hydrogen-bond acceptors (Lipinski definition) is 3. The van der Waals surface area contributed by atoms with Gasteiger partial charge in [0.2, 0.25) is 0 Å². The van der Waals surface area contributed by atoms with E-state index in [-0.39, 0.29) is 24.6 Å². The van der Waals surface area contributed by atoms with Crippen LogP contribution in [0, 0.1) is 5.92 Å². The van der Waals surface area contributed by atoms with Crippen LogP contribution in [0.1, 0.15) is 30.4 Å². The van der Waals surface area contributed by atoms with Gasteiger partial charge in [-0.05, 0) is 36.3 Å². The zero-order chi connectivity index (χ0) is 19.1. The second-order valence-electron chi connectivity index (χ2n) is 7.35. The zero-order valence-corrected chi connectivity index (χ0v) is 15.5. The summed E-state index contributed by atoms with van der Waals surface area (Å²) in [4.78, 5) is 13.4. The lowest BCUT2D eigenvalue weighted by atomic mass is 9.80. The normalized spacial score (nSPS) is 22.5. The maximum absolute atomic E-state index is 11.0. The number of nitrogens with one attached hydrogen (secondary N) is 1. The number of aliphatic hydroxyl groups is 1. The van der Waals surface area contributed by atoms with Gasteiger partial charge in [0.15, 0.2) is 0 Å². The maximum atomic E-state index is 11.0. The minimum Gasteiger partial charge on any atom is -0.465 e. The third-order valence-corrected chi connectivity index (χ3v) is 5.43. The van der Waals surface area contributed by atoms with Crippen LogP contribution in [0.5, 0.6) is 0 Å². The predicted molar refractivity (Wildman–Crippen MR) is 105 cm³/mol. The number of carbonyl (C=O) groups is 1. The van der Waals surface area contributed by atoms with Crippen LogP contribution in [0.15, 0.2) is 60.7 Å². The molecule has 0 aromatic heterocycles. The van der Waals surface area contributed by atoms with Crippen LogP contribution in [-0.4, -0.2) is 39.9 Å². The van der Waals surface area contributed by atoms with Crippen LogP contribution in [0.2, 0.25) is 0 Å². The van der Waals surface area contributed by atoms with Crippen LogP contribution in [-0.2, 0) is 13.1 Å². The van der Waals surface area contributed by atoms with E-state index in [2.05, 4.69) is 34.5 Å². The number of aliphatic hydroxyl groups excluding tert-OH is 1. The van der Waals surface area contributed by atoms with E-state index in [4.69, 9.17) is 5.11 Å². The van der Waals surface area contributed by atoms with E-state index in [0.29, 0.717) is 6.42 Å². The monoisotopic (exact) mass is 368 g/mol. The summed E-state index contributed by atoms with van der Waals surface area (Å²) in [7, 11) is 0. The SMILES string of the molecule is O=C(O)NC1CC[C@H](N(Cc2ccccc2)Cc2ccccc2)[C@H](CO)C1. The Morgan fingerprint density at radius 3 is 2.00 bits per heavy atom. The molecule has 0 radical (unpaired) electrons. The summed E-state index contributed by atoms with van der Waals surface area (Å²) in [6.07, 6.45) is 1.36. The molecule has 0 aliphatic heterocycles. The second kappa shape index (κ2) is 9.53. The Labute approximate surface area is 160 Å². The summed E-state index contributed by atoms with van der Waals surface area (Å²) in [5.41, 5.74) is 2.49. The van der Waals surface area contributed by atoms with Crippen molar-refractivity contribution in [2.75, 3.05) is 6.61 Å². The average Bonchev–Trinajstić information content (AvgIpc) is 2.68. The molecular weight excluding hydrogens is 340 g/mol. The molecule has 0 bridgehead atoms. The molecule has 1 amide bonds. The van der Waals surface area contributed by atoms with Crippen molar-refractivity contribution in [2.45, 2.75) is 44.4 Å². The molecule has 0 spiro atoms. The van der Waals surface area contributed by atoms with E-state index in [0.717, 1.165) is 25.9 Å². The highest BCUT2D eigenvalue weighted by Gasteiger charge is 2.34. The lowest BCUT2D eigenvalue weighted by Crippen LogP contribution is -2.49. The van der Waals surface area contributed by atoms with E-state index in [1.165, 1.54) is 11.1 Å². The van der Waals surface area contributed by atoms with Crippen LogP contribution in [0.25, 0.3) is 0 Å². The standard InChI is InChI=1S/C22H28N2O3/c25-16-19-13-20(23-22(26)27)11-12-21(19)24(14-17-7-3-1-4-8-17)15-18-9-5-2-6-10-18/h1-10,19-21,23,25H,11-16H2,(H,26,27)/t19-,20?,21-/m0/s1. The van der Waals surface area contributed by atoms with Crippen LogP contribution in [0.3, 0.4) is 0 Å². The van der Waals surface area contributed by atoms with Gasteiger partial charge < -0.3 is 15.5 Å². The van der Waals surface area contributed by atoms with Gasteiger partial charge in [-0.25, -0.2) is 4.79 Å². The minimum absolute atomic E-state index is 0.0584. The Balaban J connectivity index is 1.77. The third-order valence-electron chi connectivity index (χ3n) is 5.43. The highest BCUT2D eigenvalue weighted by Crippen LogP contribution is 2.31. The molecule has 1 aliphatic carbocycles. The zero-order valence-electron chi connectivity index (χ0n) is 15.5. The first-order chi connectivity index (χ1) is 13.2. The Kier molecular flexibility index (Phi) is 6.85. The molecule has 2 aromatic rings. The molecule has 0 heterocycles. The van der Waals surface area contributed by atoms with Crippen LogP contribution >= 0.6 is 0 Å². The van der Waals surface area contributed by atoms with Gasteiger partial charge in [-0.15, -0.1) is 0 Å². The van der Waals surface area contributed by atoms with E-state index in [1.807, 2.05) is 36.4 Å². The fourth-order valence-corrected chi connectivity index (χ4v) is 4.16. The Morgan fingerprint density at radius 1 is 0.963 bits per heavy atom. The van der Waals surface area contributed by atoms with Crippen LogP contribution < -0.4 is 5.32 Å². The molecule has 0 saturated heterocycles. The molecule has 3 atom stereocenters. The van der Waals surface area contributed by atoms with Gasteiger partial charge in [0.25, 0.3) is 0 Å². The first-order valence-corrected chi connectivity index (χ1v) is 9.58. The molecule has 1 aliphatic rings. The largest absolute Gasteiger partial charge is 0.465 e. The van der Waals surface area contributed by atoms with E-state index < -0.39 is 6.09 Å². The van der Waals surface area contributed by atoms with Gasteiger partial charge in [-0.3, -0.25) is 4.90 Å². The van der Waals surface area contributed by atoms with Crippen molar-refractivity contribution >= 4 is 6.09 Å². The van der Waals surface area contributed by atoms with Gasteiger partial charge in [0, 0.05) is 31.8 Å². The molecule has 3 rings (SSSR count). The smallest absolute Gasteiger partial charge is 0.404 e. The summed E-state index contributed by atoms with van der Waals surface area (Å²) in [6.45, 7) is 1.70. The fourth-order valence-electron chi connectivity index (χ4n) is 4.16. The third kappa shape index (κ3) is 5.55. The summed E-state index contributed by atoms with van der Waals surface area (Å²) < 4.78 is 0. The van der Waals surface area contributed by atoms with Gasteiger partial charge in [-0.1, -0.05) is 60.7 Å². The van der Waals surface area contributed by atoms with Crippen molar-refractivity contribution in [1.82, 2.24) is 10.2 Å². The van der Waals surface area contributed by atoms with Crippen molar-refractivity contribution in [2.24, 2.45) is 5.92 Å². The Bertz CT molecular complexity index is 667. The van der Waals surface area contributed by atoms with Crippen molar-refractivity contribution in [1.29, 1.82) is 0 Å². The van der Waals surface area contributed by atoms with Gasteiger partial charge in [-0.2, -0.15) is 0 Å². The van der Waals surface area contributed by atoms with Crippen molar-refractivity contribution < 1.29 is 15.0 Å². The molecule has 2 aromatic carbocycles. The van der Waals surface area contributed by atoms with Crippen molar-refractivity contribution in [3.8, 4) is 0 Å². The fraction of sp³-hybridized carbons (Fsp3) is 0.409. The number of benzene rings is 2. The molecule has 27 heavy (non-hydrogen) atoms. The summed E-state index contributed by atoms with van der Waals surface area (Å²) in [5, 5.41) is 21.6. The maximum Gasteiger partial charge on any atom is 0.404 e. The predicted octanol–water partition coefficient (Wildman–Crippen LogP) is 3.49. The summed E-state index contributed by atoms with van der Waals surface area (Å²) in [5.74, 6) is 0.0584. The quantitative estimate of drug-likeness (QED) is 0.700. The van der Waals surface area contributed by atoms with E-state index in [9.17, 15) is 9.90 Å². The second-order valence-corrected chi connectivity index (χ2v) is 7.35. The van der Waals surface area contributed by atoms with Gasteiger partial charge in [0.05, 0.1) is 0 Å². The number of rotatable bonds is 7. The van der Waals surface area contributed by atoms with Crippen molar-refractivity contribution in [3.63, 3.8) is 0 Å². The molecule has 1 fully saturated rings. The highest BCUT2D eigenvalue weighted by atomic mass is 16.4. The lowest BCUT2D eigenvalue weighted by Gasteiger charge is -2.42. The number of nitrogens with zero attached hydrogens (tertiary/aromatic N) is 1. The van der Waals surface area contributed by atoms with E-state index in [1.54, 1.807) is 0 Å². The molecule has 5 heteroatoms. The van der Waals surface area contributed by atoms with Gasteiger partial charge >= 0.3 is 6.09 Å². The molecule has 3 N–H and O–H groups in total. The number of hydrogen-bond donors (Lipinski definition) is 3. The van der Waals surface area contributed by atoms with Gasteiger partial charge in [0.1, 0.15) is 0 Å². The first kappa shape index (κ1) is 19.4. The highest BCUT2D eigenvalue weighted by molar-refractivity contribution is 5.64. The minimum atomic E-state index is -0.986. The average molecular weight is 368 g/mol. The summed E-state index contributed by atoms with van der Waals surface area (Å²) >= 11 is 0. The summed E-state index contributed by atoms with van der Waals surface area (Å²) in [6, 6.07) is 20.9. The molecular formula is C22H28N2O3. The molecule has 1 unspecified atom stereocenters. The molecule has 1 saturated carbocycles. The lowest BCUT2D eigenvalue weighted by molar-refractivity contribution is 0.0441. The number of carboxylic acid groups (broad SMARTS) is 1. The van der Waals surface area contributed by atoms with E-state index >= 15 is 0 Å². The molecule has 5 nitrogen and oxygen atoms in total. The first-order valence-electron chi connectivity index (χ1n) is 9.58. The topological polar surface area (TPSA) is 72.8 Å². The van der Waals surface area contributed by atoms with Crippen LogP contribution in [0.4, 0.5) is 4.79 Å². The Hall–Kier alpha value is -2.37. The van der Waals surface area contributed by atoms with Crippen molar-refractivity contribution in [3.05, 3.63) is 71.8 Å².